The second-order valence-electron chi connectivity index (χ2n) is 5.92. The Morgan fingerprint density at radius 3 is 2.52 bits per heavy atom. The van der Waals surface area contributed by atoms with Crippen LogP contribution in [0.15, 0.2) is 41.8 Å². The highest BCUT2D eigenvalue weighted by Crippen LogP contribution is 2.30. The Labute approximate surface area is 136 Å². The van der Waals surface area contributed by atoms with E-state index in [1.165, 1.54) is 18.2 Å². The zero-order valence-corrected chi connectivity index (χ0v) is 14.2. The molecule has 7 heteroatoms. The van der Waals surface area contributed by atoms with Crippen LogP contribution in [0.4, 0.5) is 0 Å². The third kappa shape index (κ3) is 4.39. The van der Waals surface area contributed by atoms with Gasteiger partial charge in [-0.25, -0.2) is 0 Å². The molecule has 23 heavy (non-hydrogen) atoms. The topological polar surface area (TPSA) is 82.1 Å². The van der Waals surface area contributed by atoms with Crippen LogP contribution in [0.2, 0.25) is 0 Å². The van der Waals surface area contributed by atoms with Crippen LogP contribution in [0, 0.1) is 6.92 Å². The second-order valence-corrected chi connectivity index (χ2v) is 7.53. The van der Waals surface area contributed by atoms with Gasteiger partial charge >= 0.3 is 0 Å². The summed E-state index contributed by atoms with van der Waals surface area (Å²) in [5, 5.41) is 10.2. The van der Waals surface area contributed by atoms with Crippen LogP contribution in [-0.4, -0.2) is 44.2 Å². The van der Waals surface area contributed by atoms with Crippen LogP contribution < -0.4 is 0 Å². The predicted octanol–water partition coefficient (Wildman–Crippen LogP) is 1.77. The van der Waals surface area contributed by atoms with E-state index in [0.29, 0.717) is 0 Å². The van der Waals surface area contributed by atoms with E-state index in [9.17, 15) is 13.5 Å². The van der Waals surface area contributed by atoms with E-state index in [0.717, 1.165) is 5.56 Å². The van der Waals surface area contributed by atoms with E-state index < -0.39 is 40.8 Å². The highest BCUT2D eigenvalue weighted by molar-refractivity contribution is 7.86. The van der Waals surface area contributed by atoms with Crippen molar-refractivity contribution >= 4 is 10.1 Å². The molecular formula is C16H22O6S. The lowest BCUT2D eigenvalue weighted by atomic mass is 10.1. The SMILES string of the molecule is C=C[C@@H]1OC(C)(C)O[C@@H]1[C@H](O)COS(=O)(=O)c1ccc(C)cc1. The van der Waals surface area contributed by atoms with Crippen LogP contribution in [0.5, 0.6) is 0 Å². The maximum absolute atomic E-state index is 12.1. The zero-order valence-electron chi connectivity index (χ0n) is 13.4. The van der Waals surface area contributed by atoms with Crippen molar-refractivity contribution in [1.29, 1.82) is 0 Å². The van der Waals surface area contributed by atoms with Gasteiger partial charge in [-0.3, -0.25) is 4.18 Å². The summed E-state index contributed by atoms with van der Waals surface area (Å²) in [6, 6.07) is 6.28. The molecule has 1 aromatic rings. The summed E-state index contributed by atoms with van der Waals surface area (Å²) < 4.78 is 40.3. The van der Waals surface area contributed by atoms with Crippen molar-refractivity contribution in [2.24, 2.45) is 0 Å². The van der Waals surface area contributed by atoms with Gasteiger partial charge in [-0.05, 0) is 32.9 Å². The van der Waals surface area contributed by atoms with Gasteiger partial charge in [-0.2, -0.15) is 8.42 Å². The molecule has 128 valence electrons. The van der Waals surface area contributed by atoms with Crippen LogP contribution in [0.25, 0.3) is 0 Å². The third-order valence-corrected chi connectivity index (χ3v) is 4.77. The fraction of sp³-hybridized carbons (Fsp3) is 0.500. The predicted molar refractivity (Wildman–Crippen MR) is 84.3 cm³/mol. The average Bonchev–Trinajstić information content (AvgIpc) is 2.80. The Kier molecular flexibility index (Phi) is 5.27. The minimum absolute atomic E-state index is 0.0412. The molecule has 1 fully saturated rings. The van der Waals surface area contributed by atoms with E-state index in [1.807, 2.05) is 6.92 Å². The molecule has 1 N–H and O–H groups in total. The smallest absolute Gasteiger partial charge is 0.297 e. The molecule has 0 spiro atoms. The van der Waals surface area contributed by atoms with E-state index in [1.54, 1.807) is 26.0 Å². The summed E-state index contributed by atoms with van der Waals surface area (Å²) in [5.74, 6) is -0.875. The van der Waals surface area contributed by atoms with Crippen molar-refractivity contribution in [1.82, 2.24) is 0 Å². The number of ether oxygens (including phenoxy) is 2. The van der Waals surface area contributed by atoms with Crippen molar-refractivity contribution < 1.29 is 27.2 Å². The molecule has 1 aromatic carbocycles. The minimum atomic E-state index is -3.94. The Balaban J connectivity index is 2.02. The Morgan fingerprint density at radius 1 is 1.35 bits per heavy atom. The van der Waals surface area contributed by atoms with Crippen molar-refractivity contribution in [2.45, 2.75) is 49.8 Å². The summed E-state index contributed by atoms with van der Waals surface area (Å²) in [7, 11) is -3.94. The van der Waals surface area contributed by atoms with Gasteiger partial charge in [0.05, 0.1) is 11.5 Å². The monoisotopic (exact) mass is 342 g/mol. The lowest BCUT2D eigenvalue weighted by molar-refractivity contribution is -0.155. The summed E-state index contributed by atoms with van der Waals surface area (Å²) in [6.07, 6.45) is -0.932. The fourth-order valence-electron chi connectivity index (χ4n) is 2.32. The van der Waals surface area contributed by atoms with E-state index in [2.05, 4.69) is 6.58 Å². The second kappa shape index (κ2) is 6.70. The molecule has 0 aliphatic carbocycles. The first-order valence-electron chi connectivity index (χ1n) is 7.27. The van der Waals surface area contributed by atoms with E-state index in [-0.39, 0.29) is 4.90 Å². The molecule has 6 nitrogen and oxygen atoms in total. The number of hydrogen-bond acceptors (Lipinski definition) is 6. The molecule has 0 radical (unpaired) electrons. The lowest BCUT2D eigenvalue weighted by Crippen LogP contribution is -2.38. The molecule has 0 aromatic heterocycles. The molecule has 0 saturated carbocycles. The molecule has 0 amide bonds. The largest absolute Gasteiger partial charge is 0.388 e. The number of hydrogen-bond donors (Lipinski definition) is 1. The molecule has 1 aliphatic heterocycles. The van der Waals surface area contributed by atoms with E-state index >= 15 is 0 Å². The van der Waals surface area contributed by atoms with Crippen LogP contribution in [0.3, 0.4) is 0 Å². The van der Waals surface area contributed by atoms with Crippen molar-refractivity contribution in [2.75, 3.05) is 6.61 Å². The van der Waals surface area contributed by atoms with Gasteiger partial charge < -0.3 is 14.6 Å². The number of aryl methyl sites for hydroxylation is 1. The Bertz CT molecular complexity index is 650. The molecule has 2 rings (SSSR count). The first-order chi connectivity index (χ1) is 10.6. The van der Waals surface area contributed by atoms with Crippen molar-refractivity contribution in [3.05, 3.63) is 42.5 Å². The maximum atomic E-state index is 12.1. The summed E-state index contributed by atoms with van der Waals surface area (Å²) >= 11 is 0. The number of aliphatic hydroxyl groups is 1. The van der Waals surface area contributed by atoms with Crippen LogP contribution >= 0.6 is 0 Å². The molecule has 0 unspecified atom stereocenters. The number of aliphatic hydroxyl groups excluding tert-OH is 1. The summed E-state index contributed by atoms with van der Waals surface area (Å²) in [5.41, 5.74) is 0.941. The maximum Gasteiger partial charge on any atom is 0.297 e. The number of benzene rings is 1. The summed E-state index contributed by atoms with van der Waals surface area (Å²) in [6.45, 7) is 8.48. The third-order valence-electron chi connectivity index (χ3n) is 3.48. The zero-order chi connectivity index (χ0) is 17.3. The fourth-order valence-corrected chi connectivity index (χ4v) is 3.25. The Hall–Kier alpha value is -1.25. The minimum Gasteiger partial charge on any atom is -0.388 e. The van der Waals surface area contributed by atoms with Gasteiger partial charge in [0.2, 0.25) is 0 Å². The highest BCUT2D eigenvalue weighted by atomic mass is 32.2. The standard InChI is InChI=1S/C16H22O6S/c1-5-14-15(22-16(3,4)21-14)13(17)10-20-23(18,19)12-8-6-11(2)7-9-12/h5-9,13-15,17H,1,10H2,2-4H3/t13-,14+,15-/m1/s1. The van der Waals surface area contributed by atoms with Crippen molar-refractivity contribution in [3.8, 4) is 0 Å². The Morgan fingerprint density at radius 2 is 1.96 bits per heavy atom. The summed E-state index contributed by atoms with van der Waals surface area (Å²) in [4.78, 5) is 0.0412. The van der Waals surface area contributed by atoms with Crippen molar-refractivity contribution in [3.63, 3.8) is 0 Å². The molecular weight excluding hydrogens is 320 g/mol. The van der Waals surface area contributed by atoms with Gasteiger partial charge in [-0.1, -0.05) is 23.8 Å². The van der Waals surface area contributed by atoms with Gasteiger partial charge in [0, 0.05) is 0 Å². The quantitative estimate of drug-likeness (QED) is 0.627. The number of rotatable bonds is 6. The molecule has 1 saturated heterocycles. The van der Waals surface area contributed by atoms with Crippen LogP contribution in [0.1, 0.15) is 19.4 Å². The normalized spacial score (nSPS) is 25.2. The first-order valence-corrected chi connectivity index (χ1v) is 8.68. The van der Waals surface area contributed by atoms with Gasteiger partial charge in [0.15, 0.2) is 5.79 Å². The van der Waals surface area contributed by atoms with Gasteiger partial charge in [0.25, 0.3) is 10.1 Å². The highest BCUT2D eigenvalue weighted by Gasteiger charge is 2.43. The van der Waals surface area contributed by atoms with Gasteiger partial charge in [0.1, 0.15) is 18.3 Å². The first kappa shape index (κ1) is 18.1. The average molecular weight is 342 g/mol. The lowest BCUT2D eigenvalue weighted by Gasteiger charge is -2.21. The van der Waals surface area contributed by atoms with E-state index in [4.69, 9.17) is 13.7 Å². The molecule has 1 aliphatic rings. The molecule has 3 atom stereocenters. The molecule has 1 heterocycles. The van der Waals surface area contributed by atoms with Gasteiger partial charge in [-0.15, -0.1) is 6.58 Å². The molecule has 0 bridgehead atoms. The van der Waals surface area contributed by atoms with Crippen LogP contribution in [-0.2, 0) is 23.8 Å².